The Morgan fingerprint density at radius 2 is 2.33 bits per heavy atom. The van der Waals surface area contributed by atoms with Gasteiger partial charge in [0.25, 0.3) is 0 Å². The molecule has 0 amide bonds. The number of anilines is 1. The Bertz CT molecular complexity index is 344. The number of aromatic nitrogens is 2. The number of hydrogen-bond donors (Lipinski definition) is 1. The summed E-state index contributed by atoms with van der Waals surface area (Å²) in [5.41, 5.74) is 5.96. The summed E-state index contributed by atoms with van der Waals surface area (Å²) in [5.74, 6) is 1.48. The second-order valence-corrected chi connectivity index (χ2v) is 3.81. The van der Waals surface area contributed by atoms with E-state index in [1.54, 1.807) is 7.11 Å². The summed E-state index contributed by atoms with van der Waals surface area (Å²) < 4.78 is 5.07. The van der Waals surface area contributed by atoms with Crippen LogP contribution in [0.5, 0.6) is 5.88 Å². The highest BCUT2D eigenvalue weighted by atomic mass is 16.5. The van der Waals surface area contributed by atoms with Gasteiger partial charge in [-0.1, -0.05) is 0 Å². The fourth-order valence-corrected chi connectivity index (χ4v) is 1.89. The van der Waals surface area contributed by atoms with Gasteiger partial charge in [-0.2, -0.15) is 0 Å². The molecule has 0 radical (unpaired) electrons. The standard InChI is InChI=1S/C10H16N4O/c1-7-8(11)3-4-14(7)9-5-10(15-2)13-6-12-9/h5-8H,3-4,11H2,1-2H3. The van der Waals surface area contributed by atoms with Crippen LogP contribution in [-0.4, -0.2) is 35.7 Å². The largest absolute Gasteiger partial charge is 0.481 e. The normalized spacial score (nSPS) is 25.7. The highest BCUT2D eigenvalue weighted by Gasteiger charge is 2.28. The topological polar surface area (TPSA) is 64.3 Å². The maximum atomic E-state index is 5.96. The molecule has 0 bridgehead atoms. The number of hydrogen-bond acceptors (Lipinski definition) is 5. The zero-order valence-electron chi connectivity index (χ0n) is 9.05. The van der Waals surface area contributed by atoms with Crippen molar-refractivity contribution in [2.75, 3.05) is 18.6 Å². The lowest BCUT2D eigenvalue weighted by atomic mass is 10.2. The molecule has 0 saturated carbocycles. The van der Waals surface area contributed by atoms with Crippen molar-refractivity contribution in [1.29, 1.82) is 0 Å². The van der Waals surface area contributed by atoms with Crippen molar-refractivity contribution in [3.8, 4) is 5.88 Å². The molecule has 2 rings (SSSR count). The summed E-state index contributed by atoms with van der Waals surface area (Å²) in [7, 11) is 1.60. The first-order chi connectivity index (χ1) is 7.22. The van der Waals surface area contributed by atoms with Gasteiger partial charge in [0.15, 0.2) is 0 Å². The van der Waals surface area contributed by atoms with E-state index in [0.29, 0.717) is 11.9 Å². The smallest absolute Gasteiger partial charge is 0.218 e. The second kappa shape index (κ2) is 4.02. The molecule has 1 saturated heterocycles. The molecule has 1 aliphatic rings. The van der Waals surface area contributed by atoms with Gasteiger partial charge < -0.3 is 15.4 Å². The van der Waals surface area contributed by atoms with Crippen LogP contribution in [-0.2, 0) is 0 Å². The third kappa shape index (κ3) is 1.87. The van der Waals surface area contributed by atoms with Gasteiger partial charge >= 0.3 is 0 Å². The molecule has 2 heterocycles. The third-order valence-electron chi connectivity index (χ3n) is 2.95. The van der Waals surface area contributed by atoms with Crippen LogP contribution >= 0.6 is 0 Å². The quantitative estimate of drug-likeness (QED) is 0.762. The van der Waals surface area contributed by atoms with Gasteiger partial charge in [0, 0.05) is 24.7 Å². The molecule has 0 spiro atoms. The van der Waals surface area contributed by atoms with Gasteiger partial charge in [-0.3, -0.25) is 0 Å². The molecule has 82 valence electrons. The Balaban J connectivity index is 2.22. The van der Waals surface area contributed by atoms with Crippen LogP contribution in [0.2, 0.25) is 0 Å². The molecule has 15 heavy (non-hydrogen) atoms. The maximum absolute atomic E-state index is 5.96. The van der Waals surface area contributed by atoms with E-state index in [2.05, 4.69) is 21.8 Å². The highest BCUT2D eigenvalue weighted by Crippen LogP contribution is 2.24. The number of methoxy groups -OCH3 is 1. The van der Waals surface area contributed by atoms with E-state index >= 15 is 0 Å². The lowest BCUT2D eigenvalue weighted by molar-refractivity contribution is 0.396. The molecule has 1 fully saturated rings. The Kier molecular flexibility index (Phi) is 2.73. The SMILES string of the molecule is COc1cc(N2CCC(N)C2C)ncn1. The summed E-state index contributed by atoms with van der Waals surface area (Å²) in [6.45, 7) is 3.06. The van der Waals surface area contributed by atoms with Crippen LogP contribution in [0.3, 0.4) is 0 Å². The predicted octanol–water partition coefficient (Wildman–Crippen LogP) is 0.411. The molecular formula is C10H16N4O. The molecular weight excluding hydrogens is 192 g/mol. The van der Waals surface area contributed by atoms with E-state index in [1.165, 1.54) is 6.33 Å². The first-order valence-corrected chi connectivity index (χ1v) is 5.10. The lowest BCUT2D eigenvalue weighted by Gasteiger charge is -2.24. The first-order valence-electron chi connectivity index (χ1n) is 5.10. The van der Waals surface area contributed by atoms with E-state index in [9.17, 15) is 0 Å². The fourth-order valence-electron chi connectivity index (χ4n) is 1.89. The van der Waals surface area contributed by atoms with Crippen LogP contribution < -0.4 is 15.4 Å². The number of rotatable bonds is 2. The lowest BCUT2D eigenvalue weighted by Crippen LogP contribution is -2.37. The van der Waals surface area contributed by atoms with Crippen LogP contribution in [0.25, 0.3) is 0 Å². The summed E-state index contributed by atoms with van der Waals surface area (Å²) in [4.78, 5) is 10.4. The number of nitrogens with zero attached hydrogens (tertiary/aromatic N) is 3. The van der Waals surface area contributed by atoms with E-state index in [0.717, 1.165) is 18.8 Å². The van der Waals surface area contributed by atoms with Crippen molar-refractivity contribution in [2.45, 2.75) is 25.4 Å². The number of ether oxygens (including phenoxy) is 1. The molecule has 2 unspecified atom stereocenters. The number of nitrogens with two attached hydrogens (primary N) is 1. The summed E-state index contributed by atoms with van der Waals surface area (Å²) in [6.07, 6.45) is 2.53. The second-order valence-electron chi connectivity index (χ2n) is 3.81. The zero-order chi connectivity index (χ0) is 10.8. The molecule has 1 aromatic heterocycles. The Labute approximate surface area is 89.3 Å². The molecule has 0 aromatic carbocycles. The zero-order valence-corrected chi connectivity index (χ0v) is 9.05. The summed E-state index contributed by atoms with van der Waals surface area (Å²) >= 11 is 0. The molecule has 0 aliphatic carbocycles. The predicted molar refractivity (Wildman–Crippen MR) is 58.0 cm³/mol. The van der Waals surface area contributed by atoms with Gasteiger partial charge in [-0.05, 0) is 13.3 Å². The van der Waals surface area contributed by atoms with Gasteiger partial charge in [0.2, 0.25) is 5.88 Å². The minimum Gasteiger partial charge on any atom is -0.481 e. The van der Waals surface area contributed by atoms with Crippen molar-refractivity contribution < 1.29 is 4.74 Å². The van der Waals surface area contributed by atoms with E-state index < -0.39 is 0 Å². The summed E-state index contributed by atoms with van der Waals surface area (Å²) in [5, 5.41) is 0. The molecule has 5 nitrogen and oxygen atoms in total. The molecule has 2 N–H and O–H groups in total. The molecule has 1 aromatic rings. The van der Waals surface area contributed by atoms with Gasteiger partial charge in [-0.25, -0.2) is 9.97 Å². The maximum Gasteiger partial charge on any atom is 0.218 e. The van der Waals surface area contributed by atoms with E-state index in [4.69, 9.17) is 10.5 Å². The molecule has 5 heteroatoms. The van der Waals surface area contributed by atoms with Crippen molar-refractivity contribution >= 4 is 5.82 Å². The minimum atomic E-state index is 0.228. The van der Waals surface area contributed by atoms with Crippen molar-refractivity contribution in [3.63, 3.8) is 0 Å². The summed E-state index contributed by atoms with van der Waals surface area (Å²) in [6, 6.07) is 2.39. The fraction of sp³-hybridized carbons (Fsp3) is 0.600. The average molecular weight is 208 g/mol. The van der Waals surface area contributed by atoms with Crippen LogP contribution in [0, 0.1) is 0 Å². The average Bonchev–Trinajstić information content (AvgIpc) is 2.60. The Morgan fingerprint density at radius 1 is 1.53 bits per heavy atom. The first kappa shape index (κ1) is 10.2. The molecule has 2 atom stereocenters. The monoisotopic (exact) mass is 208 g/mol. The highest BCUT2D eigenvalue weighted by molar-refractivity contribution is 5.43. The van der Waals surface area contributed by atoms with Crippen molar-refractivity contribution in [1.82, 2.24) is 9.97 Å². The Hall–Kier alpha value is -1.36. The van der Waals surface area contributed by atoms with Gasteiger partial charge in [0.05, 0.1) is 7.11 Å². The third-order valence-corrected chi connectivity index (χ3v) is 2.95. The van der Waals surface area contributed by atoms with E-state index in [1.807, 2.05) is 6.07 Å². The van der Waals surface area contributed by atoms with E-state index in [-0.39, 0.29) is 6.04 Å². The van der Waals surface area contributed by atoms with Crippen molar-refractivity contribution in [3.05, 3.63) is 12.4 Å². The van der Waals surface area contributed by atoms with Gasteiger partial charge in [0.1, 0.15) is 12.1 Å². The van der Waals surface area contributed by atoms with Gasteiger partial charge in [-0.15, -0.1) is 0 Å². The minimum absolute atomic E-state index is 0.228. The van der Waals surface area contributed by atoms with Crippen LogP contribution in [0.4, 0.5) is 5.82 Å². The van der Waals surface area contributed by atoms with Crippen LogP contribution in [0.15, 0.2) is 12.4 Å². The van der Waals surface area contributed by atoms with Crippen molar-refractivity contribution in [2.24, 2.45) is 5.73 Å². The Morgan fingerprint density at radius 3 is 2.93 bits per heavy atom. The molecule has 1 aliphatic heterocycles. The van der Waals surface area contributed by atoms with Crippen LogP contribution in [0.1, 0.15) is 13.3 Å².